The maximum atomic E-state index is 12.2. The Kier molecular flexibility index (Phi) is 2.80. The molecule has 0 unspecified atom stereocenters. The van der Waals surface area contributed by atoms with Crippen molar-refractivity contribution in [3.63, 3.8) is 0 Å². The number of nitrogens with zero attached hydrogens (tertiary/aromatic N) is 2. The van der Waals surface area contributed by atoms with Gasteiger partial charge in [0.2, 0.25) is 0 Å². The minimum absolute atomic E-state index is 0.0465. The average molecular weight is 305 g/mol. The van der Waals surface area contributed by atoms with Crippen LogP contribution in [0.3, 0.4) is 0 Å². The zero-order valence-electron chi connectivity index (χ0n) is 12.3. The van der Waals surface area contributed by atoms with Crippen molar-refractivity contribution in [1.29, 1.82) is 0 Å². The highest BCUT2D eigenvalue weighted by Crippen LogP contribution is 2.44. The molecule has 1 saturated carbocycles. The van der Waals surface area contributed by atoms with Gasteiger partial charge in [-0.05, 0) is 38.2 Å². The largest absolute Gasteiger partial charge is 0.387 e. The lowest BCUT2D eigenvalue weighted by Crippen LogP contribution is -2.62. The summed E-state index contributed by atoms with van der Waals surface area (Å²) < 4.78 is 0. The molecule has 0 radical (unpaired) electrons. The quantitative estimate of drug-likeness (QED) is 0.903. The van der Waals surface area contributed by atoms with Gasteiger partial charge in [-0.15, -0.1) is 11.3 Å². The Balaban J connectivity index is 1.56. The van der Waals surface area contributed by atoms with E-state index in [0.29, 0.717) is 31.4 Å². The number of fused-ring (bicyclic) bond motifs is 1. The molecule has 0 aromatic carbocycles. The summed E-state index contributed by atoms with van der Waals surface area (Å²) in [6, 6.07) is 0. The van der Waals surface area contributed by atoms with E-state index in [4.69, 9.17) is 0 Å². The van der Waals surface area contributed by atoms with Gasteiger partial charge in [-0.1, -0.05) is 0 Å². The Hall–Kier alpha value is -1.24. The Morgan fingerprint density at radius 3 is 2.81 bits per heavy atom. The molecule has 4 rings (SSSR count). The molecule has 0 atom stereocenters. The summed E-state index contributed by atoms with van der Waals surface area (Å²) in [5, 5.41) is 11.1. The smallest absolute Gasteiger partial charge is 0.259 e. The third kappa shape index (κ3) is 2.13. The number of likely N-dealkylation sites (tertiary alicyclic amines) is 1. The molecule has 21 heavy (non-hydrogen) atoms. The normalized spacial score (nSPS) is 21.7. The molecule has 2 aromatic heterocycles. The van der Waals surface area contributed by atoms with Gasteiger partial charge in [0.15, 0.2) is 0 Å². The fourth-order valence-corrected chi connectivity index (χ4v) is 4.35. The van der Waals surface area contributed by atoms with Gasteiger partial charge in [0, 0.05) is 18.0 Å². The number of β-amino-alcohol motifs (C(OH)–C–C–N with tert-alkyl or cyclic N) is 1. The summed E-state index contributed by atoms with van der Waals surface area (Å²) in [6.45, 7) is 5.99. The first-order valence-electron chi connectivity index (χ1n) is 7.40. The summed E-state index contributed by atoms with van der Waals surface area (Å²) >= 11 is 1.58. The van der Waals surface area contributed by atoms with Gasteiger partial charge in [0.05, 0.1) is 17.5 Å². The highest BCUT2D eigenvalue weighted by Gasteiger charge is 2.51. The predicted molar refractivity (Wildman–Crippen MR) is 82.7 cm³/mol. The van der Waals surface area contributed by atoms with Gasteiger partial charge < -0.3 is 10.1 Å². The van der Waals surface area contributed by atoms with E-state index in [1.165, 1.54) is 0 Å². The number of H-pyrrole nitrogens is 1. The summed E-state index contributed by atoms with van der Waals surface area (Å²) in [4.78, 5) is 23.8. The molecule has 1 aliphatic heterocycles. The van der Waals surface area contributed by atoms with Gasteiger partial charge >= 0.3 is 0 Å². The fourth-order valence-electron chi connectivity index (χ4n) is 3.30. The SMILES string of the molecule is Cc1sc2nc(CN3CC(O)(C4CC4)C3)[nH]c(=O)c2c1C. The van der Waals surface area contributed by atoms with E-state index in [2.05, 4.69) is 14.9 Å². The van der Waals surface area contributed by atoms with Crippen LogP contribution < -0.4 is 5.56 Å². The number of nitrogens with one attached hydrogen (secondary N) is 1. The van der Waals surface area contributed by atoms with Crippen LogP contribution in [-0.2, 0) is 6.54 Å². The first-order chi connectivity index (χ1) is 9.96. The molecule has 112 valence electrons. The Labute approximate surface area is 126 Å². The molecule has 2 aromatic rings. The van der Waals surface area contributed by atoms with Crippen molar-refractivity contribution in [2.75, 3.05) is 13.1 Å². The maximum Gasteiger partial charge on any atom is 0.259 e. The molecule has 0 bridgehead atoms. The second kappa shape index (κ2) is 4.38. The number of hydrogen-bond acceptors (Lipinski definition) is 5. The van der Waals surface area contributed by atoms with Crippen LogP contribution in [0, 0.1) is 19.8 Å². The Morgan fingerprint density at radius 2 is 2.14 bits per heavy atom. The van der Waals surface area contributed by atoms with Crippen LogP contribution in [0.4, 0.5) is 0 Å². The van der Waals surface area contributed by atoms with Crippen LogP contribution in [-0.4, -0.2) is 38.7 Å². The molecule has 3 heterocycles. The number of aromatic amines is 1. The topological polar surface area (TPSA) is 69.2 Å². The van der Waals surface area contributed by atoms with E-state index in [1.54, 1.807) is 11.3 Å². The van der Waals surface area contributed by atoms with Crippen molar-refractivity contribution in [2.45, 2.75) is 38.8 Å². The number of thiophene rings is 1. The van der Waals surface area contributed by atoms with E-state index in [9.17, 15) is 9.90 Å². The number of rotatable bonds is 3. The van der Waals surface area contributed by atoms with Gasteiger partial charge in [0.25, 0.3) is 5.56 Å². The van der Waals surface area contributed by atoms with Crippen molar-refractivity contribution in [1.82, 2.24) is 14.9 Å². The van der Waals surface area contributed by atoms with Crippen LogP contribution in [0.1, 0.15) is 29.1 Å². The van der Waals surface area contributed by atoms with Crippen molar-refractivity contribution in [2.24, 2.45) is 5.92 Å². The van der Waals surface area contributed by atoms with Crippen LogP contribution in [0.15, 0.2) is 4.79 Å². The lowest BCUT2D eigenvalue weighted by molar-refractivity contribution is -0.117. The zero-order valence-corrected chi connectivity index (χ0v) is 13.1. The summed E-state index contributed by atoms with van der Waals surface area (Å²) in [5.41, 5.74) is 0.498. The molecule has 5 nitrogen and oxygen atoms in total. The second-order valence-electron chi connectivity index (χ2n) is 6.50. The van der Waals surface area contributed by atoms with E-state index >= 15 is 0 Å². The molecule has 1 aliphatic carbocycles. The minimum Gasteiger partial charge on any atom is -0.387 e. The molecular formula is C15H19N3O2S. The minimum atomic E-state index is -0.486. The summed E-state index contributed by atoms with van der Waals surface area (Å²) in [6.07, 6.45) is 2.30. The van der Waals surface area contributed by atoms with Crippen LogP contribution >= 0.6 is 11.3 Å². The zero-order chi connectivity index (χ0) is 14.8. The van der Waals surface area contributed by atoms with Crippen molar-refractivity contribution in [3.8, 4) is 0 Å². The van der Waals surface area contributed by atoms with E-state index in [1.807, 2.05) is 13.8 Å². The monoisotopic (exact) mass is 305 g/mol. The molecule has 0 spiro atoms. The molecule has 2 N–H and O–H groups in total. The predicted octanol–water partition coefficient (Wildman–Crippen LogP) is 1.56. The van der Waals surface area contributed by atoms with Crippen molar-refractivity contribution >= 4 is 21.6 Å². The van der Waals surface area contributed by atoms with Crippen LogP contribution in [0.25, 0.3) is 10.2 Å². The molecule has 2 fully saturated rings. The first-order valence-corrected chi connectivity index (χ1v) is 8.21. The van der Waals surface area contributed by atoms with Crippen molar-refractivity contribution in [3.05, 3.63) is 26.6 Å². The second-order valence-corrected chi connectivity index (χ2v) is 7.70. The number of hydrogen-bond donors (Lipinski definition) is 2. The van der Waals surface area contributed by atoms with E-state index in [-0.39, 0.29) is 5.56 Å². The van der Waals surface area contributed by atoms with E-state index < -0.39 is 5.60 Å². The third-order valence-corrected chi connectivity index (χ3v) is 5.89. The molecule has 1 saturated heterocycles. The van der Waals surface area contributed by atoms with Gasteiger partial charge in [-0.3, -0.25) is 9.69 Å². The molecule has 6 heteroatoms. The average Bonchev–Trinajstić information content (AvgIpc) is 3.16. The van der Waals surface area contributed by atoms with E-state index in [0.717, 1.165) is 33.5 Å². The number of aliphatic hydroxyl groups is 1. The lowest BCUT2D eigenvalue weighted by Gasteiger charge is -2.46. The fraction of sp³-hybridized carbons (Fsp3) is 0.600. The summed E-state index contributed by atoms with van der Waals surface area (Å²) in [7, 11) is 0. The van der Waals surface area contributed by atoms with Crippen LogP contribution in [0.5, 0.6) is 0 Å². The maximum absolute atomic E-state index is 12.2. The highest BCUT2D eigenvalue weighted by molar-refractivity contribution is 7.18. The standard InChI is InChI=1S/C15H19N3O2S/c1-8-9(2)21-14-12(8)13(19)16-11(17-14)5-18-6-15(20,7-18)10-3-4-10/h10,20H,3-7H2,1-2H3,(H,16,17,19). The highest BCUT2D eigenvalue weighted by atomic mass is 32.1. The third-order valence-electron chi connectivity index (χ3n) is 4.79. The molecular weight excluding hydrogens is 286 g/mol. The van der Waals surface area contributed by atoms with Gasteiger partial charge in [-0.25, -0.2) is 4.98 Å². The molecule has 2 aliphatic rings. The number of aryl methyl sites for hydroxylation is 2. The van der Waals surface area contributed by atoms with Gasteiger partial charge in [-0.2, -0.15) is 0 Å². The molecule has 0 amide bonds. The Morgan fingerprint density at radius 1 is 1.43 bits per heavy atom. The number of aromatic nitrogens is 2. The Bertz CT molecular complexity index is 769. The van der Waals surface area contributed by atoms with Gasteiger partial charge in [0.1, 0.15) is 10.7 Å². The summed E-state index contributed by atoms with van der Waals surface area (Å²) in [5.74, 6) is 1.19. The van der Waals surface area contributed by atoms with Crippen LogP contribution in [0.2, 0.25) is 0 Å². The lowest BCUT2D eigenvalue weighted by atomic mass is 9.89. The van der Waals surface area contributed by atoms with Crippen molar-refractivity contribution < 1.29 is 5.11 Å². The first kappa shape index (κ1) is 13.4.